The number of carbonyl (C=O) groups is 2. The van der Waals surface area contributed by atoms with Gasteiger partial charge in [-0.2, -0.15) is 0 Å². The van der Waals surface area contributed by atoms with Crippen LogP contribution in [0.15, 0.2) is 6.07 Å². The summed E-state index contributed by atoms with van der Waals surface area (Å²) in [6.07, 6.45) is 0.978. The number of ketones is 1. The fourth-order valence-electron chi connectivity index (χ4n) is 6.87. The maximum atomic E-state index is 14.5. The van der Waals surface area contributed by atoms with E-state index < -0.39 is 24.2 Å². The zero-order chi connectivity index (χ0) is 26.9. The molecule has 1 amide bonds. The first-order valence-electron chi connectivity index (χ1n) is 12.5. The average Bonchev–Trinajstić information content (AvgIpc) is 2.87. The van der Waals surface area contributed by atoms with Crippen molar-refractivity contribution in [3.63, 3.8) is 0 Å². The van der Waals surface area contributed by atoms with Gasteiger partial charge in [-0.15, -0.1) is 0 Å². The number of hydrogen-bond acceptors (Lipinski definition) is 8. The number of aromatic hydroxyl groups is 1. The van der Waals surface area contributed by atoms with E-state index in [1.165, 1.54) is 21.3 Å². The number of aryl methyl sites for hydroxylation is 1. The van der Waals surface area contributed by atoms with Crippen LogP contribution >= 0.6 is 0 Å². The van der Waals surface area contributed by atoms with Gasteiger partial charge in [-0.05, 0) is 44.9 Å². The second-order valence-corrected chi connectivity index (χ2v) is 9.97. The number of piperazine rings is 1. The van der Waals surface area contributed by atoms with Crippen LogP contribution in [0.3, 0.4) is 0 Å². The fraction of sp³-hybridized carbons (Fsp3) is 0.500. The summed E-state index contributed by atoms with van der Waals surface area (Å²) in [6, 6.07) is -0.382. The predicted octanol–water partition coefficient (Wildman–Crippen LogP) is 3.50. The Morgan fingerprint density at radius 1 is 0.921 bits per heavy atom. The Kier molecular flexibility index (Phi) is 8.02. The van der Waals surface area contributed by atoms with Crippen LogP contribution in [-0.2, 0) is 11.2 Å². The summed E-state index contributed by atoms with van der Waals surface area (Å²) < 4.78 is 22.8. The number of Topliss-reactive ketones (excluding diaryl/α,β-unsaturated/α-hetero) is 1. The van der Waals surface area contributed by atoms with Gasteiger partial charge in [-0.25, -0.2) is 0 Å². The molecule has 1 saturated heterocycles. The van der Waals surface area contributed by atoms with Crippen LogP contribution in [0.25, 0.3) is 0 Å². The van der Waals surface area contributed by atoms with Gasteiger partial charge in [0.05, 0.1) is 52.1 Å². The van der Waals surface area contributed by atoms with Crippen LogP contribution < -0.4 is 18.9 Å². The molecule has 0 aromatic heterocycles. The molecule has 1 fully saturated rings. The largest absolute Gasteiger partial charge is 0.504 e. The number of amides is 1. The minimum absolute atomic E-state index is 0. The molecule has 2 aromatic rings. The molecule has 10 heteroatoms. The number of ether oxygens (including phenoxy) is 4. The van der Waals surface area contributed by atoms with E-state index in [9.17, 15) is 14.7 Å². The Labute approximate surface area is 258 Å². The molecule has 4 atom stereocenters. The van der Waals surface area contributed by atoms with E-state index in [4.69, 9.17) is 18.9 Å². The van der Waals surface area contributed by atoms with Crippen molar-refractivity contribution < 1.29 is 77.7 Å². The monoisotopic (exact) mass is 737 g/mol. The number of phenols is 1. The van der Waals surface area contributed by atoms with Gasteiger partial charge in [-0.1, -0.05) is 13.0 Å². The smallest absolute Gasteiger partial charge is 0.241 e. The number of rotatable bonds is 5. The maximum Gasteiger partial charge on any atom is 0.241 e. The zero-order valence-corrected chi connectivity index (χ0v) is 27.9. The normalized spacial score (nSPS) is 23.6. The Balaban J connectivity index is 0.00000336. The molecular weight excluding hydrogens is 703 g/mol. The summed E-state index contributed by atoms with van der Waals surface area (Å²) >= 11 is 0. The van der Waals surface area contributed by atoms with Gasteiger partial charge >= 0.3 is 0 Å². The number of methoxy groups -OCH3 is 4. The van der Waals surface area contributed by atoms with Crippen LogP contribution in [0, 0.1) is 57.9 Å². The van der Waals surface area contributed by atoms with Gasteiger partial charge in [0, 0.05) is 60.8 Å². The van der Waals surface area contributed by atoms with Crippen LogP contribution in [0.4, 0.5) is 0 Å². The number of phenolic OH excluding ortho intramolecular Hbond substituents is 1. The molecule has 201 valence electrons. The predicted molar refractivity (Wildman–Crippen MR) is 136 cm³/mol. The molecule has 0 saturated carbocycles. The van der Waals surface area contributed by atoms with Gasteiger partial charge in [0.15, 0.2) is 28.8 Å². The van der Waals surface area contributed by atoms with Crippen molar-refractivity contribution in [1.29, 1.82) is 0 Å². The Bertz CT molecular complexity index is 1330. The SMILES string of the molecule is CC[C@H]1c2c(OC)c(OC)c(C)c(OC)c2C(=O)C2[C@H]3c4c(cc(C)c(OC)c4O)C[C@@H](C(=O)N21)N3C.[Ac]. The van der Waals surface area contributed by atoms with Crippen molar-refractivity contribution in [2.75, 3.05) is 35.5 Å². The molecule has 2 bridgehead atoms. The van der Waals surface area contributed by atoms with Crippen LogP contribution in [-0.4, -0.2) is 74.2 Å². The van der Waals surface area contributed by atoms with Gasteiger partial charge in [0.2, 0.25) is 5.91 Å². The third-order valence-electron chi connectivity index (χ3n) is 8.36. The minimum Gasteiger partial charge on any atom is -0.504 e. The van der Waals surface area contributed by atoms with Crippen molar-refractivity contribution in [1.82, 2.24) is 9.80 Å². The number of nitrogens with zero attached hydrogens (tertiary/aromatic N) is 2. The summed E-state index contributed by atoms with van der Waals surface area (Å²) in [5.41, 5.74) is 3.93. The third-order valence-corrected chi connectivity index (χ3v) is 8.36. The van der Waals surface area contributed by atoms with E-state index >= 15 is 0 Å². The molecule has 3 heterocycles. The second-order valence-electron chi connectivity index (χ2n) is 9.97. The molecule has 0 aliphatic carbocycles. The van der Waals surface area contributed by atoms with Crippen molar-refractivity contribution in [2.24, 2.45) is 0 Å². The Morgan fingerprint density at radius 2 is 1.53 bits per heavy atom. The van der Waals surface area contributed by atoms with Crippen LogP contribution in [0.1, 0.15) is 63.6 Å². The number of hydrogen-bond donors (Lipinski definition) is 1. The van der Waals surface area contributed by atoms with E-state index in [1.807, 2.05) is 38.8 Å². The molecular formula is C28H34AcN2O7. The topological polar surface area (TPSA) is 97.8 Å². The molecule has 3 aliphatic heterocycles. The molecule has 1 radical (unpaired) electrons. The van der Waals surface area contributed by atoms with Crippen molar-refractivity contribution in [3.05, 3.63) is 39.4 Å². The first kappa shape index (κ1) is 29.0. The molecule has 1 N–H and O–H groups in total. The number of carbonyl (C=O) groups excluding carboxylic acids is 2. The number of fused-ring (bicyclic) bond motifs is 7. The molecule has 38 heavy (non-hydrogen) atoms. The maximum absolute atomic E-state index is 14.5. The van der Waals surface area contributed by atoms with Crippen molar-refractivity contribution >= 4 is 11.7 Å². The van der Waals surface area contributed by atoms with Gasteiger partial charge < -0.3 is 29.0 Å². The van der Waals surface area contributed by atoms with Gasteiger partial charge in [-0.3, -0.25) is 14.5 Å². The summed E-state index contributed by atoms with van der Waals surface area (Å²) in [5, 5.41) is 11.4. The Morgan fingerprint density at radius 3 is 2.08 bits per heavy atom. The third kappa shape index (κ3) is 3.70. The zero-order valence-electron chi connectivity index (χ0n) is 23.2. The standard InChI is InChI=1S/C28H34N2O7.Ac/c1-9-15-18-19(25(35-6)13(3)26(36-7)27(18)37-8)22(31)21-20-17-14(10-12(2)24(34-5)23(17)32)11-16(29(20)4)28(33)30(15)21;/h10,15-16,20-21,32H,9,11H2,1-8H3;/t15-,16-,20+,21?;/m0./s1. The van der Waals surface area contributed by atoms with E-state index in [2.05, 4.69) is 0 Å². The molecule has 9 nitrogen and oxygen atoms in total. The van der Waals surface area contributed by atoms with Crippen molar-refractivity contribution in [2.45, 2.75) is 57.8 Å². The summed E-state index contributed by atoms with van der Waals surface area (Å²) in [5.74, 6) is 1.35. The summed E-state index contributed by atoms with van der Waals surface area (Å²) in [6.45, 7) is 5.67. The summed E-state index contributed by atoms with van der Waals surface area (Å²) in [7, 11) is 7.98. The quantitative estimate of drug-likeness (QED) is 0.499. The Hall–Kier alpha value is -2.02. The number of benzene rings is 2. The molecule has 1 unspecified atom stereocenters. The molecule has 2 aromatic carbocycles. The molecule has 5 rings (SSSR count). The number of likely N-dealkylation sites (N-methyl/N-ethyl adjacent to an activating group) is 1. The van der Waals surface area contributed by atoms with Crippen molar-refractivity contribution in [3.8, 4) is 28.7 Å². The van der Waals surface area contributed by atoms with Crippen LogP contribution in [0.5, 0.6) is 28.7 Å². The first-order valence-corrected chi connectivity index (χ1v) is 12.5. The van der Waals surface area contributed by atoms with Gasteiger partial charge in [0.1, 0.15) is 11.8 Å². The minimum atomic E-state index is -0.866. The summed E-state index contributed by atoms with van der Waals surface area (Å²) in [4.78, 5) is 32.3. The van der Waals surface area contributed by atoms with Gasteiger partial charge in [0.25, 0.3) is 0 Å². The second kappa shape index (κ2) is 10.5. The van der Waals surface area contributed by atoms with E-state index in [-0.39, 0.29) is 61.5 Å². The molecule has 3 aliphatic rings. The first-order chi connectivity index (χ1) is 17.7. The van der Waals surface area contributed by atoms with E-state index in [0.717, 1.165) is 11.1 Å². The average molecular weight is 738 g/mol. The van der Waals surface area contributed by atoms with E-state index in [0.29, 0.717) is 58.1 Å². The fourth-order valence-corrected chi connectivity index (χ4v) is 6.87. The van der Waals surface area contributed by atoms with E-state index in [1.54, 1.807) is 12.0 Å². The van der Waals surface area contributed by atoms with Crippen LogP contribution in [0.2, 0.25) is 0 Å². The molecule has 0 spiro atoms.